The molecule has 1 aliphatic rings. The molecule has 110 valence electrons. The number of benzene rings is 1. The first kappa shape index (κ1) is 15.0. The highest BCUT2D eigenvalue weighted by Gasteiger charge is 2.32. The Hall–Kier alpha value is -1.39. The molecule has 1 heterocycles. The van der Waals surface area contributed by atoms with Crippen molar-refractivity contribution in [2.45, 2.75) is 44.9 Å². The molecule has 2 rings (SSSR count). The van der Waals surface area contributed by atoms with Crippen LogP contribution in [0.25, 0.3) is 0 Å². The van der Waals surface area contributed by atoms with Crippen molar-refractivity contribution in [3.8, 4) is 0 Å². The molecule has 3 unspecified atom stereocenters. The quantitative estimate of drug-likeness (QED) is 0.916. The summed E-state index contributed by atoms with van der Waals surface area (Å²) in [5.41, 5.74) is 7.09. The van der Waals surface area contributed by atoms with Crippen molar-refractivity contribution >= 4 is 5.91 Å². The maximum absolute atomic E-state index is 12.4. The van der Waals surface area contributed by atoms with Crippen molar-refractivity contribution < 1.29 is 9.53 Å². The van der Waals surface area contributed by atoms with Gasteiger partial charge in [-0.3, -0.25) is 4.79 Å². The Morgan fingerprint density at radius 1 is 1.45 bits per heavy atom. The molecule has 0 saturated carbocycles. The smallest absolute Gasteiger partial charge is 0.239 e. The molecule has 2 N–H and O–H groups in total. The first-order valence-corrected chi connectivity index (χ1v) is 7.36. The molecule has 0 aromatic heterocycles. The van der Waals surface area contributed by atoms with E-state index in [1.165, 1.54) is 0 Å². The van der Waals surface area contributed by atoms with E-state index < -0.39 is 6.04 Å². The zero-order valence-corrected chi connectivity index (χ0v) is 12.3. The van der Waals surface area contributed by atoms with E-state index in [0.717, 1.165) is 18.4 Å². The van der Waals surface area contributed by atoms with Gasteiger partial charge in [-0.15, -0.1) is 0 Å². The summed E-state index contributed by atoms with van der Waals surface area (Å²) in [4.78, 5) is 14.3. The van der Waals surface area contributed by atoms with Crippen molar-refractivity contribution in [1.82, 2.24) is 4.90 Å². The zero-order valence-electron chi connectivity index (χ0n) is 12.3. The predicted octanol–water partition coefficient (Wildman–Crippen LogP) is 2.10. The van der Waals surface area contributed by atoms with Gasteiger partial charge in [0, 0.05) is 0 Å². The normalized spacial score (nSPS) is 24.4. The predicted molar refractivity (Wildman–Crippen MR) is 79.2 cm³/mol. The standard InChI is InChI=1S/C16H24N2O2/c1-3-7-14(17)16(19)18-10-15(20-11-12(18)2)13-8-5-4-6-9-13/h4-6,8-9,12,14-15H,3,7,10-11,17H2,1-2H3. The van der Waals surface area contributed by atoms with E-state index in [2.05, 4.69) is 0 Å². The molecule has 0 radical (unpaired) electrons. The van der Waals surface area contributed by atoms with Crippen molar-refractivity contribution in [2.75, 3.05) is 13.2 Å². The number of hydrogen-bond acceptors (Lipinski definition) is 3. The SMILES string of the molecule is CCCC(N)C(=O)N1CC(c2ccccc2)OCC1C. The molecule has 1 amide bonds. The molecule has 4 heteroatoms. The Kier molecular flexibility index (Phi) is 5.15. The van der Waals surface area contributed by atoms with Crippen molar-refractivity contribution in [2.24, 2.45) is 5.73 Å². The summed E-state index contributed by atoms with van der Waals surface area (Å²) < 4.78 is 5.86. The van der Waals surface area contributed by atoms with Gasteiger partial charge in [-0.05, 0) is 18.9 Å². The Balaban J connectivity index is 2.07. The highest BCUT2D eigenvalue weighted by Crippen LogP contribution is 2.25. The molecule has 1 aromatic carbocycles. The number of nitrogens with two attached hydrogens (primary N) is 1. The molecule has 1 saturated heterocycles. The lowest BCUT2D eigenvalue weighted by atomic mass is 10.0. The van der Waals surface area contributed by atoms with Crippen LogP contribution in [0.15, 0.2) is 30.3 Å². The highest BCUT2D eigenvalue weighted by molar-refractivity contribution is 5.82. The summed E-state index contributed by atoms with van der Waals surface area (Å²) in [6, 6.07) is 9.74. The van der Waals surface area contributed by atoms with E-state index in [1.807, 2.05) is 49.1 Å². The van der Waals surface area contributed by atoms with Crippen LogP contribution in [-0.2, 0) is 9.53 Å². The van der Waals surface area contributed by atoms with Crippen LogP contribution in [0.5, 0.6) is 0 Å². The molecule has 1 aromatic rings. The molecule has 0 bridgehead atoms. The van der Waals surface area contributed by atoms with Crippen molar-refractivity contribution in [3.05, 3.63) is 35.9 Å². The number of amides is 1. The summed E-state index contributed by atoms with van der Waals surface area (Å²) in [5.74, 6) is 0.0450. The lowest BCUT2D eigenvalue weighted by molar-refractivity contribution is -0.146. The van der Waals surface area contributed by atoms with E-state index in [4.69, 9.17) is 10.5 Å². The number of carbonyl (C=O) groups excluding carboxylic acids is 1. The fraction of sp³-hybridized carbons (Fsp3) is 0.562. The highest BCUT2D eigenvalue weighted by atomic mass is 16.5. The Labute approximate surface area is 120 Å². The van der Waals surface area contributed by atoms with E-state index in [9.17, 15) is 4.79 Å². The summed E-state index contributed by atoms with van der Waals surface area (Å²) in [7, 11) is 0. The van der Waals surface area contributed by atoms with Gasteiger partial charge in [-0.1, -0.05) is 43.7 Å². The second-order valence-electron chi connectivity index (χ2n) is 5.47. The number of morpholine rings is 1. The Morgan fingerprint density at radius 2 is 2.15 bits per heavy atom. The second kappa shape index (κ2) is 6.86. The number of hydrogen-bond donors (Lipinski definition) is 1. The van der Waals surface area contributed by atoms with E-state index in [0.29, 0.717) is 13.2 Å². The van der Waals surface area contributed by atoms with Crippen LogP contribution in [0.4, 0.5) is 0 Å². The minimum absolute atomic E-state index is 0.0450. The first-order valence-electron chi connectivity index (χ1n) is 7.36. The van der Waals surface area contributed by atoms with Gasteiger partial charge in [0.15, 0.2) is 0 Å². The second-order valence-corrected chi connectivity index (χ2v) is 5.47. The third-order valence-electron chi connectivity index (χ3n) is 3.80. The van der Waals surface area contributed by atoms with Crippen LogP contribution in [0.2, 0.25) is 0 Å². The Bertz CT molecular complexity index is 435. The van der Waals surface area contributed by atoms with Crippen LogP contribution in [0, 0.1) is 0 Å². The van der Waals surface area contributed by atoms with Crippen LogP contribution in [0.1, 0.15) is 38.4 Å². The number of carbonyl (C=O) groups is 1. The minimum atomic E-state index is -0.392. The van der Waals surface area contributed by atoms with E-state index in [1.54, 1.807) is 0 Å². The maximum atomic E-state index is 12.4. The molecule has 20 heavy (non-hydrogen) atoms. The van der Waals surface area contributed by atoms with Crippen LogP contribution >= 0.6 is 0 Å². The summed E-state index contributed by atoms with van der Waals surface area (Å²) in [5, 5.41) is 0. The number of ether oxygens (including phenoxy) is 1. The van der Waals surface area contributed by atoms with Crippen LogP contribution < -0.4 is 5.73 Å². The van der Waals surface area contributed by atoms with Gasteiger partial charge in [-0.2, -0.15) is 0 Å². The van der Waals surface area contributed by atoms with Crippen LogP contribution in [-0.4, -0.2) is 36.0 Å². The molecule has 0 spiro atoms. The van der Waals surface area contributed by atoms with Gasteiger partial charge < -0.3 is 15.4 Å². The van der Waals surface area contributed by atoms with Gasteiger partial charge in [0.1, 0.15) is 6.10 Å². The average Bonchev–Trinajstić information content (AvgIpc) is 2.48. The maximum Gasteiger partial charge on any atom is 0.239 e. The Morgan fingerprint density at radius 3 is 2.80 bits per heavy atom. The molecule has 0 aliphatic carbocycles. The van der Waals surface area contributed by atoms with Gasteiger partial charge >= 0.3 is 0 Å². The minimum Gasteiger partial charge on any atom is -0.370 e. The number of nitrogens with zero attached hydrogens (tertiary/aromatic N) is 1. The third-order valence-corrected chi connectivity index (χ3v) is 3.80. The first-order chi connectivity index (χ1) is 9.63. The van der Waals surface area contributed by atoms with Gasteiger partial charge in [0.05, 0.1) is 25.2 Å². The van der Waals surface area contributed by atoms with Crippen molar-refractivity contribution in [3.63, 3.8) is 0 Å². The van der Waals surface area contributed by atoms with E-state index >= 15 is 0 Å². The van der Waals surface area contributed by atoms with Crippen LogP contribution in [0.3, 0.4) is 0 Å². The molecule has 1 aliphatic heterocycles. The molecule has 3 atom stereocenters. The molecular weight excluding hydrogens is 252 g/mol. The fourth-order valence-electron chi connectivity index (χ4n) is 2.58. The average molecular weight is 276 g/mol. The fourth-order valence-corrected chi connectivity index (χ4v) is 2.58. The lowest BCUT2D eigenvalue weighted by Gasteiger charge is -2.39. The van der Waals surface area contributed by atoms with Crippen molar-refractivity contribution in [1.29, 1.82) is 0 Å². The van der Waals surface area contributed by atoms with Gasteiger partial charge in [0.2, 0.25) is 5.91 Å². The van der Waals surface area contributed by atoms with Gasteiger partial charge in [0.25, 0.3) is 0 Å². The molecule has 4 nitrogen and oxygen atoms in total. The molecular formula is C16H24N2O2. The topological polar surface area (TPSA) is 55.6 Å². The van der Waals surface area contributed by atoms with Gasteiger partial charge in [-0.25, -0.2) is 0 Å². The molecule has 1 fully saturated rings. The summed E-state index contributed by atoms with van der Waals surface area (Å²) in [6.07, 6.45) is 1.61. The third kappa shape index (κ3) is 3.38. The number of rotatable bonds is 4. The summed E-state index contributed by atoms with van der Waals surface area (Å²) in [6.45, 7) is 5.20. The van der Waals surface area contributed by atoms with E-state index in [-0.39, 0.29) is 18.1 Å². The lowest BCUT2D eigenvalue weighted by Crippen LogP contribution is -2.53. The zero-order chi connectivity index (χ0) is 14.5. The summed E-state index contributed by atoms with van der Waals surface area (Å²) >= 11 is 0. The largest absolute Gasteiger partial charge is 0.370 e. The monoisotopic (exact) mass is 276 g/mol.